The van der Waals surface area contributed by atoms with Gasteiger partial charge in [-0.05, 0) is 44.2 Å². The first-order chi connectivity index (χ1) is 15.7. The number of allylic oxidation sites excluding steroid dienone is 1. The summed E-state index contributed by atoms with van der Waals surface area (Å²) in [5.74, 6) is -0.579. The Kier molecular flexibility index (Phi) is 4.86. The number of hydrogen-bond acceptors (Lipinski definition) is 4. The van der Waals surface area contributed by atoms with E-state index in [9.17, 15) is 22.8 Å². The van der Waals surface area contributed by atoms with Gasteiger partial charge in [-0.25, -0.2) is 4.98 Å². The van der Waals surface area contributed by atoms with Gasteiger partial charge in [-0.2, -0.15) is 13.2 Å². The van der Waals surface area contributed by atoms with Gasteiger partial charge in [-0.15, -0.1) is 11.3 Å². The van der Waals surface area contributed by atoms with Crippen molar-refractivity contribution >= 4 is 39.3 Å². The molecular formula is C25H17F3N2O2S. The van der Waals surface area contributed by atoms with Crippen LogP contribution in [0.4, 0.5) is 13.2 Å². The van der Waals surface area contributed by atoms with Crippen LogP contribution < -0.4 is 0 Å². The lowest BCUT2D eigenvalue weighted by molar-refractivity contribution is -0.137. The number of aryl methyl sites for hydroxylation is 2. The summed E-state index contributed by atoms with van der Waals surface area (Å²) in [5, 5.41) is 0.603. The zero-order chi connectivity index (χ0) is 23.5. The molecule has 8 heteroatoms. The molecule has 0 fully saturated rings. The molecule has 1 aliphatic rings. The van der Waals surface area contributed by atoms with E-state index >= 15 is 0 Å². The van der Waals surface area contributed by atoms with Crippen LogP contribution in [-0.4, -0.2) is 21.1 Å². The highest BCUT2D eigenvalue weighted by atomic mass is 32.1. The molecule has 5 rings (SSSR count). The van der Waals surface area contributed by atoms with Gasteiger partial charge in [0.1, 0.15) is 5.01 Å². The number of thiazole rings is 1. The largest absolute Gasteiger partial charge is 0.416 e. The second-order valence-electron chi connectivity index (χ2n) is 7.86. The Hall–Kier alpha value is -3.52. The van der Waals surface area contributed by atoms with Gasteiger partial charge in [-0.3, -0.25) is 9.59 Å². The third-order valence-electron chi connectivity index (χ3n) is 5.70. The van der Waals surface area contributed by atoms with Crippen LogP contribution in [0.3, 0.4) is 0 Å². The van der Waals surface area contributed by atoms with Gasteiger partial charge >= 0.3 is 6.18 Å². The molecule has 0 radical (unpaired) electrons. The van der Waals surface area contributed by atoms with Gasteiger partial charge in [0, 0.05) is 28.9 Å². The van der Waals surface area contributed by atoms with Crippen LogP contribution in [-0.2, 0) is 12.7 Å². The van der Waals surface area contributed by atoms with Gasteiger partial charge in [0.15, 0.2) is 17.2 Å². The molecule has 2 aromatic carbocycles. The first kappa shape index (κ1) is 21.3. The average molecular weight is 466 g/mol. The summed E-state index contributed by atoms with van der Waals surface area (Å²) in [7, 11) is 0. The van der Waals surface area contributed by atoms with Crippen molar-refractivity contribution in [1.29, 1.82) is 0 Å². The summed E-state index contributed by atoms with van der Waals surface area (Å²) in [4.78, 5) is 30.3. The Labute approximate surface area is 191 Å². The molecule has 0 aliphatic heterocycles. The molecule has 0 spiro atoms. The fourth-order valence-corrected chi connectivity index (χ4v) is 5.06. The smallest absolute Gasteiger partial charge is 0.325 e. The van der Waals surface area contributed by atoms with E-state index in [1.165, 1.54) is 23.5 Å². The molecule has 2 aromatic heterocycles. The molecule has 0 saturated heterocycles. The van der Waals surface area contributed by atoms with E-state index < -0.39 is 11.7 Å². The monoisotopic (exact) mass is 466 g/mol. The molecule has 4 aromatic rings. The van der Waals surface area contributed by atoms with Crippen molar-refractivity contribution in [2.24, 2.45) is 0 Å². The maximum Gasteiger partial charge on any atom is 0.416 e. The number of carbonyl (C=O) groups excluding carboxylic acids is 2. The third-order valence-corrected chi connectivity index (χ3v) is 6.74. The zero-order valence-corrected chi connectivity index (χ0v) is 18.5. The van der Waals surface area contributed by atoms with Crippen LogP contribution in [0.5, 0.6) is 0 Å². The molecule has 2 heterocycles. The highest BCUT2D eigenvalue weighted by molar-refractivity contribution is 7.21. The van der Waals surface area contributed by atoms with E-state index in [0.29, 0.717) is 39.6 Å². The Morgan fingerprint density at radius 2 is 1.70 bits per heavy atom. The maximum atomic E-state index is 12.9. The molecule has 0 N–H and O–H groups in total. The highest BCUT2D eigenvalue weighted by Crippen LogP contribution is 2.36. The van der Waals surface area contributed by atoms with Crippen molar-refractivity contribution in [3.05, 3.63) is 82.1 Å². The zero-order valence-electron chi connectivity index (χ0n) is 17.7. The van der Waals surface area contributed by atoms with Gasteiger partial charge in [0.2, 0.25) is 0 Å². The average Bonchev–Trinajstić information content (AvgIpc) is 3.39. The van der Waals surface area contributed by atoms with E-state index in [2.05, 4.69) is 4.98 Å². The Balaban J connectivity index is 1.53. The molecule has 0 saturated carbocycles. The van der Waals surface area contributed by atoms with E-state index in [1.807, 2.05) is 30.5 Å². The molecule has 1 aliphatic carbocycles. The van der Waals surface area contributed by atoms with Crippen molar-refractivity contribution in [1.82, 2.24) is 9.55 Å². The first-order valence-electron chi connectivity index (χ1n) is 10.3. The molecule has 0 atom stereocenters. The molecule has 0 bridgehead atoms. The predicted octanol–water partition coefficient (Wildman–Crippen LogP) is 6.57. The summed E-state index contributed by atoms with van der Waals surface area (Å²) in [6, 6.07) is 12.0. The second-order valence-corrected chi connectivity index (χ2v) is 8.89. The SMILES string of the molecule is CCn1c(/C=C2/C(=O)c3ccc(C)cc3C2=O)cc2sc(-c3ccc(C(F)(F)F)cc3)nc21. The van der Waals surface area contributed by atoms with Crippen LogP contribution >= 0.6 is 11.3 Å². The van der Waals surface area contributed by atoms with Crippen molar-refractivity contribution in [2.45, 2.75) is 26.6 Å². The van der Waals surface area contributed by atoms with Crippen molar-refractivity contribution in [3.8, 4) is 10.6 Å². The van der Waals surface area contributed by atoms with Gasteiger partial charge < -0.3 is 4.57 Å². The van der Waals surface area contributed by atoms with Crippen LogP contribution in [0.15, 0.2) is 54.1 Å². The molecule has 0 amide bonds. The minimum atomic E-state index is -4.39. The Bertz CT molecular complexity index is 1470. The second kappa shape index (κ2) is 7.52. The number of halogens is 3. The quantitative estimate of drug-likeness (QED) is 0.253. The van der Waals surface area contributed by atoms with Gasteiger partial charge in [0.05, 0.1) is 15.8 Å². The molecular weight excluding hydrogens is 449 g/mol. The molecule has 4 nitrogen and oxygen atoms in total. The minimum absolute atomic E-state index is 0.124. The number of fused-ring (bicyclic) bond motifs is 2. The number of alkyl halides is 3. The van der Waals surface area contributed by atoms with Gasteiger partial charge in [0.25, 0.3) is 0 Å². The first-order valence-corrected chi connectivity index (χ1v) is 11.1. The number of rotatable bonds is 3. The van der Waals surface area contributed by atoms with E-state index in [0.717, 1.165) is 22.4 Å². The summed E-state index contributed by atoms with van der Waals surface area (Å²) < 4.78 is 41.2. The molecule has 33 heavy (non-hydrogen) atoms. The predicted molar refractivity (Wildman–Crippen MR) is 122 cm³/mol. The number of ketones is 2. The number of aromatic nitrogens is 2. The Morgan fingerprint density at radius 1 is 1.00 bits per heavy atom. The van der Waals surface area contributed by atoms with E-state index in [4.69, 9.17) is 0 Å². The fraction of sp³-hybridized carbons (Fsp3) is 0.160. The van der Waals surface area contributed by atoms with Crippen LogP contribution in [0.2, 0.25) is 0 Å². The highest BCUT2D eigenvalue weighted by Gasteiger charge is 2.33. The topological polar surface area (TPSA) is 52.0 Å². The number of hydrogen-bond donors (Lipinski definition) is 0. The number of benzene rings is 2. The summed E-state index contributed by atoms with van der Waals surface area (Å²) in [6.07, 6.45) is -2.78. The summed E-state index contributed by atoms with van der Waals surface area (Å²) >= 11 is 1.35. The lowest BCUT2D eigenvalue weighted by atomic mass is 10.1. The van der Waals surface area contributed by atoms with Crippen LogP contribution in [0.25, 0.3) is 27.0 Å². The summed E-state index contributed by atoms with van der Waals surface area (Å²) in [6.45, 7) is 4.35. The fourth-order valence-electron chi connectivity index (χ4n) is 4.04. The third kappa shape index (κ3) is 3.51. The van der Waals surface area contributed by atoms with Crippen molar-refractivity contribution in [3.63, 3.8) is 0 Å². The van der Waals surface area contributed by atoms with Crippen molar-refractivity contribution < 1.29 is 22.8 Å². The molecule has 166 valence electrons. The Morgan fingerprint density at radius 3 is 2.36 bits per heavy atom. The lowest BCUT2D eigenvalue weighted by Crippen LogP contribution is -2.04. The van der Waals surface area contributed by atoms with E-state index in [-0.39, 0.29) is 17.1 Å². The van der Waals surface area contributed by atoms with Crippen molar-refractivity contribution in [2.75, 3.05) is 0 Å². The molecule has 0 unspecified atom stereocenters. The number of nitrogens with zero attached hydrogens (tertiary/aromatic N) is 2. The van der Waals surface area contributed by atoms with Gasteiger partial charge in [-0.1, -0.05) is 29.8 Å². The standard InChI is InChI=1S/C25H17F3N2O2S/c1-3-30-16(11-19-21(31)17-9-4-13(2)10-18(17)22(19)32)12-20-23(30)29-24(33-20)14-5-7-15(8-6-14)25(26,27)28/h4-12H,3H2,1-2H3/b19-11-. The van der Waals surface area contributed by atoms with Crippen LogP contribution in [0.1, 0.15) is 44.5 Å². The van der Waals surface area contributed by atoms with E-state index in [1.54, 1.807) is 18.2 Å². The maximum absolute atomic E-state index is 12.9. The normalized spacial score (nSPS) is 15.1. The number of Topliss-reactive ketones (excluding diaryl/α,β-unsaturated/α-hetero) is 2. The minimum Gasteiger partial charge on any atom is -0.325 e. The summed E-state index contributed by atoms with van der Waals surface area (Å²) in [5.41, 5.74) is 3.11. The number of carbonyl (C=O) groups is 2. The lowest BCUT2D eigenvalue weighted by Gasteiger charge is -2.06. The van der Waals surface area contributed by atoms with Crippen LogP contribution in [0, 0.1) is 6.92 Å².